The molecule has 1 atom stereocenters. The number of nitrogens with zero attached hydrogens (tertiary/aromatic N) is 1. The summed E-state index contributed by atoms with van der Waals surface area (Å²) in [5.74, 6) is -0.306. The molecule has 1 aliphatic heterocycles. The van der Waals surface area contributed by atoms with Gasteiger partial charge in [-0.1, -0.05) is 28.7 Å². The number of nitrogens with one attached hydrogen (secondary N) is 1. The van der Waals surface area contributed by atoms with Crippen LogP contribution < -0.4 is 5.43 Å². The molecule has 0 bridgehead atoms. The minimum atomic E-state index is -0.306. The van der Waals surface area contributed by atoms with Crippen LogP contribution in [-0.4, -0.2) is 25.1 Å². The SMILES string of the molecule is COC(=O)c1ccc2c(c1)NN(C)[C@@H]2I. The van der Waals surface area contributed by atoms with Crippen LogP contribution in [0.3, 0.4) is 0 Å². The third kappa shape index (κ3) is 1.81. The molecule has 0 spiro atoms. The van der Waals surface area contributed by atoms with Gasteiger partial charge in [0.1, 0.15) is 4.05 Å². The van der Waals surface area contributed by atoms with Crippen LogP contribution in [0.25, 0.3) is 0 Å². The van der Waals surface area contributed by atoms with E-state index in [9.17, 15) is 4.79 Å². The maximum Gasteiger partial charge on any atom is 0.337 e. The molecular formula is C10H11IN2O2. The van der Waals surface area contributed by atoms with Crippen molar-refractivity contribution in [3.63, 3.8) is 0 Å². The van der Waals surface area contributed by atoms with Crippen molar-refractivity contribution in [3.05, 3.63) is 29.3 Å². The highest BCUT2D eigenvalue weighted by Gasteiger charge is 2.25. The van der Waals surface area contributed by atoms with Crippen LogP contribution in [0.4, 0.5) is 5.69 Å². The first-order valence-electron chi connectivity index (χ1n) is 4.49. The average Bonchev–Trinajstić information content (AvgIpc) is 2.53. The molecule has 1 N–H and O–H groups in total. The summed E-state index contributed by atoms with van der Waals surface area (Å²) in [6, 6.07) is 5.56. The molecule has 0 aromatic heterocycles. The number of alkyl halides is 1. The van der Waals surface area contributed by atoms with Crippen molar-refractivity contribution in [2.24, 2.45) is 0 Å². The number of hydrogen-bond donors (Lipinski definition) is 1. The Kier molecular flexibility index (Phi) is 2.83. The zero-order valence-electron chi connectivity index (χ0n) is 8.45. The van der Waals surface area contributed by atoms with Crippen LogP contribution >= 0.6 is 22.6 Å². The van der Waals surface area contributed by atoms with Crippen LogP contribution in [0.2, 0.25) is 0 Å². The number of ether oxygens (including phenoxy) is 1. The summed E-state index contributed by atoms with van der Waals surface area (Å²) >= 11 is 2.34. The fourth-order valence-electron chi connectivity index (χ4n) is 1.56. The number of esters is 1. The van der Waals surface area contributed by atoms with E-state index in [-0.39, 0.29) is 5.97 Å². The number of benzene rings is 1. The Hall–Kier alpha value is -0.820. The lowest BCUT2D eigenvalue weighted by molar-refractivity contribution is 0.0601. The van der Waals surface area contributed by atoms with E-state index in [0.29, 0.717) is 9.61 Å². The highest BCUT2D eigenvalue weighted by molar-refractivity contribution is 14.1. The van der Waals surface area contributed by atoms with Crippen LogP contribution in [-0.2, 0) is 4.74 Å². The molecule has 1 aromatic carbocycles. The quantitative estimate of drug-likeness (QED) is 0.373. The van der Waals surface area contributed by atoms with E-state index in [1.54, 1.807) is 6.07 Å². The number of anilines is 1. The lowest BCUT2D eigenvalue weighted by atomic mass is 10.1. The van der Waals surface area contributed by atoms with Gasteiger partial charge >= 0.3 is 5.97 Å². The van der Waals surface area contributed by atoms with Gasteiger partial charge in [0.2, 0.25) is 0 Å². The lowest BCUT2D eigenvalue weighted by Gasteiger charge is -2.12. The van der Waals surface area contributed by atoms with Crippen LogP contribution in [0.1, 0.15) is 20.0 Å². The second-order valence-electron chi connectivity index (χ2n) is 3.35. The van der Waals surface area contributed by atoms with Crippen molar-refractivity contribution >= 4 is 34.2 Å². The summed E-state index contributed by atoms with van der Waals surface area (Å²) in [4.78, 5) is 11.3. The largest absolute Gasteiger partial charge is 0.465 e. The molecule has 0 fully saturated rings. The lowest BCUT2D eigenvalue weighted by Crippen LogP contribution is -2.18. The molecule has 0 unspecified atom stereocenters. The summed E-state index contributed by atoms with van der Waals surface area (Å²) in [5, 5.41) is 1.99. The Morgan fingerprint density at radius 3 is 3.00 bits per heavy atom. The first-order valence-corrected chi connectivity index (χ1v) is 5.74. The molecule has 0 radical (unpaired) electrons. The van der Waals surface area contributed by atoms with Gasteiger partial charge in [0.15, 0.2) is 0 Å². The van der Waals surface area contributed by atoms with Crippen molar-refractivity contribution in [1.82, 2.24) is 5.01 Å². The Labute approximate surface area is 102 Å². The smallest absolute Gasteiger partial charge is 0.337 e. The third-order valence-corrected chi connectivity index (χ3v) is 3.87. The number of halogens is 1. The summed E-state index contributed by atoms with van der Waals surface area (Å²) in [6.45, 7) is 0. The van der Waals surface area contributed by atoms with Crippen molar-refractivity contribution < 1.29 is 9.53 Å². The van der Waals surface area contributed by atoms with Crippen LogP contribution in [0, 0.1) is 0 Å². The summed E-state index contributed by atoms with van der Waals surface area (Å²) in [6.07, 6.45) is 0. The Morgan fingerprint density at radius 2 is 2.33 bits per heavy atom. The van der Waals surface area contributed by atoms with Crippen molar-refractivity contribution in [2.45, 2.75) is 4.05 Å². The van der Waals surface area contributed by atoms with Gasteiger partial charge in [0.05, 0.1) is 18.4 Å². The maximum absolute atomic E-state index is 11.3. The highest BCUT2D eigenvalue weighted by atomic mass is 127. The topological polar surface area (TPSA) is 41.6 Å². The molecule has 15 heavy (non-hydrogen) atoms. The van der Waals surface area contributed by atoms with Gasteiger partial charge < -0.3 is 10.2 Å². The number of hydrogen-bond acceptors (Lipinski definition) is 4. The molecule has 4 nitrogen and oxygen atoms in total. The van der Waals surface area contributed by atoms with Crippen LogP contribution in [0.5, 0.6) is 0 Å². The van der Waals surface area contributed by atoms with E-state index in [0.717, 1.165) is 5.69 Å². The van der Waals surface area contributed by atoms with Gasteiger partial charge in [-0.3, -0.25) is 0 Å². The molecule has 80 valence electrons. The fourth-order valence-corrected chi connectivity index (χ4v) is 2.24. The third-order valence-electron chi connectivity index (χ3n) is 2.37. The van der Waals surface area contributed by atoms with Crippen LogP contribution in [0.15, 0.2) is 18.2 Å². The molecule has 0 saturated heterocycles. The van der Waals surface area contributed by atoms with Gasteiger partial charge in [-0.15, -0.1) is 0 Å². The van der Waals surface area contributed by atoms with E-state index in [2.05, 4.69) is 32.8 Å². The molecule has 1 aromatic rings. The van der Waals surface area contributed by atoms with Crippen molar-refractivity contribution in [3.8, 4) is 0 Å². The number of hydrazine groups is 1. The molecule has 2 rings (SSSR count). The normalized spacial score (nSPS) is 19.5. The zero-order chi connectivity index (χ0) is 11.0. The first-order chi connectivity index (χ1) is 7.13. The second-order valence-corrected chi connectivity index (χ2v) is 4.53. The molecule has 0 saturated carbocycles. The first kappa shape index (κ1) is 10.7. The number of fused-ring (bicyclic) bond motifs is 1. The highest BCUT2D eigenvalue weighted by Crippen LogP contribution is 2.38. The number of carbonyl (C=O) groups excluding carboxylic acids is 1. The molecule has 1 heterocycles. The Morgan fingerprint density at radius 1 is 1.60 bits per heavy atom. The van der Waals surface area contributed by atoms with Gasteiger partial charge in [-0.2, -0.15) is 0 Å². The van der Waals surface area contributed by atoms with Gasteiger partial charge in [0, 0.05) is 12.6 Å². The maximum atomic E-state index is 11.3. The Balaban J connectivity index is 2.37. The predicted molar refractivity (Wildman–Crippen MR) is 65.9 cm³/mol. The number of methoxy groups -OCH3 is 1. The minimum Gasteiger partial charge on any atom is -0.465 e. The molecule has 5 heteroatoms. The van der Waals surface area contributed by atoms with E-state index < -0.39 is 0 Å². The molecule has 0 amide bonds. The minimum absolute atomic E-state index is 0.296. The zero-order valence-corrected chi connectivity index (χ0v) is 10.6. The molecule has 1 aliphatic rings. The van der Waals surface area contributed by atoms with Crippen molar-refractivity contribution in [2.75, 3.05) is 19.6 Å². The van der Waals surface area contributed by atoms with Crippen molar-refractivity contribution in [1.29, 1.82) is 0 Å². The summed E-state index contributed by atoms with van der Waals surface area (Å²) in [7, 11) is 3.35. The van der Waals surface area contributed by atoms with E-state index >= 15 is 0 Å². The Bertz CT molecular complexity index is 408. The molecule has 0 aliphatic carbocycles. The number of rotatable bonds is 1. The fraction of sp³-hybridized carbons (Fsp3) is 0.300. The second kappa shape index (κ2) is 3.97. The summed E-state index contributed by atoms with van der Waals surface area (Å²) in [5.41, 5.74) is 5.91. The predicted octanol–water partition coefficient (Wildman–Crippen LogP) is 2.18. The van der Waals surface area contributed by atoms with E-state index in [1.807, 2.05) is 24.2 Å². The standard InChI is InChI=1S/C10H11IN2O2/c1-13-9(11)7-4-3-6(10(14)15-2)5-8(7)12-13/h3-5,9,12H,1-2H3/t9-/m0/s1. The summed E-state index contributed by atoms with van der Waals surface area (Å²) < 4.78 is 4.96. The van der Waals surface area contributed by atoms with E-state index in [1.165, 1.54) is 12.7 Å². The van der Waals surface area contributed by atoms with Gasteiger partial charge in [0.25, 0.3) is 0 Å². The van der Waals surface area contributed by atoms with Gasteiger partial charge in [-0.25, -0.2) is 9.80 Å². The van der Waals surface area contributed by atoms with E-state index in [4.69, 9.17) is 0 Å². The monoisotopic (exact) mass is 318 g/mol. The molecular weight excluding hydrogens is 307 g/mol. The van der Waals surface area contributed by atoms with Gasteiger partial charge in [-0.05, 0) is 12.1 Å². The number of carbonyl (C=O) groups is 1. The average molecular weight is 318 g/mol.